The van der Waals surface area contributed by atoms with Gasteiger partial charge in [-0.05, 0) is 88.7 Å². The highest BCUT2D eigenvalue weighted by Crippen LogP contribution is 2.11. The number of benzene rings is 4. The van der Waals surface area contributed by atoms with Gasteiger partial charge in [0.1, 0.15) is 0 Å². The van der Waals surface area contributed by atoms with E-state index in [0.29, 0.717) is 59.4 Å². The van der Waals surface area contributed by atoms with Crippen LogP contribution < -0.4 is 32.3 Å². The summed E-state index contributed by atoms with van der Waals surface area (Å²) in [6.07, 6.45) is 0.679. The second-order valence-corrected chi connectivity index (χ2v) is 15.1. The minimum absolute atomic E-state index is 0.0254. The van der Waals surface area contributed by atoms with Crippen LogP contribution >= 0.6 is 0 Å². The number of carbonyl (C=O) groups excluding carboxylic acids is 6. The van der Waals surface area contributed by atoms with E-state index >= 15 is 0 Å². The lowest BCUT2D eigenvalue weighted by atomic mass is 10.0. The number of aliphatic hydroxyl groups is 5. The standard InChI is InChI=1S/C16H24N2O4.C13H17NO4.C9H12N2O.C9H11NO2/c1-15(2,9-19)17-13(21)11-6-5-7-12(8-11)14(22)18-16(3,4)10-20;15-7-2-5-12(17)10-3-1-4-11(9-10)13(18)14-6-8-16;10-6-7-11-9(12)8-4-2-1-3-5-8;11-7-6-10-9(12)8-4-2-1-3-5-8/h5-8,19-20H,9-10H2,1-4H3,(H,17,21)(H,18,22);1,3-4,9,15-16H,2,5-8H2,(H,14,18);1-5H,6-7,10H2,(H,11,12);1-5,11H,6-7H2,(H,10,12). The molecule has 5 amide bonds. The fraction of sp³-hybridized carbons (Fsp3) is 0.362. The molecule has 12 N–H and O–H groups in total. The molecular formula is C47H64N6O11. The first-order valence-electron chi connectivity index (χ1n) is 20.5. The van der Waals surface area contributed by atoms with Gasteiger partial charge in [-0.25, -0.2) is 0 Å². The van der Waals surface area contributed by atoms with E-state index in [0.717, 1.165) is 0 Å². The molecular weight excluding hydrogens is 825 g/mol. The molecule has 0 saturated carbocycles. The third kappa shape index (κ3) is 22.7. The number of carbonyl (C=O) groups is 6. The van der Waals surface area contributed by atoms with Crippen molar-refractivity contribution < 1.29 is 54.3 Å². The molecule has 64 heavy (non-hydrogen) atoms. The quantitative estimate of drug-likeness (QED) is 0.0602. The van der Waals surface area contributed by atoms with Gasteiger partial charge in [-0.15, -0.1) is 0 Å². The summed E-state index contributed by atoms with van der Waals surface area (Å²) in [4.78, 5) is 70.0. The van der Waals surface area contributed by atoms with Crippen LogP contribution in [-0.2, 0) is 0 Å². The van der Waals surface area contributed by atoms with Gasteiger partial charge >= 0.3 is 0 Å². The Balaban J connectivity index is 0.000000441. The van der Waals surface area contributed by atoms with E-state index < -0.39 is 11.1 Å². The Morgan fingerprint density at radius 1 is 0.453 bits per heavy atom. The van der Waals surface area contributed by atoms with Crippen LogP contribution in [0, 0.1) is 0 Å². The topological polar surface area (TPSA) is 290 Å². The molecule has 0 aliphatic carbocycles. The zero-order valence-corrected chi connectivity index (χ0v) is 36.9. The molecule has 4 rings (SSSR count). The molecule has 17 heteroatoms. The summed E-state index contributed by atoms with van der Waals surface area (Å²) in [5.41, 5.74) is 6.55. The molecule has 0 atom stereocenters. The second-order valence-electron chi connectivity index (χ2n) is 15.1. The lowest BCUT2D eigenvalue weighted by Crippen LogP contribution is -2.47. The molecule has 17 nitrogen and oxygen atoms in total. The SMILES string of the molecule is CC(C)(CO)NC(=O)c1cccc(C(=O)NC(C)(C)CO)c1.NCCNC(=O)c1ccccc1.O=C(CCCO)c1cccc(C(=O)NCCO)c1.O=C(NCCO)c1ccccc1. The van der Waals surface area contributed by atoms with E-state index in [4.69, 9.17) is 21.1 Å². The molecule has 348 valence electrons. The van der Waals surface area contributed by atoms with Gasteiger partial charge in [-0.2, -0.15) is 0 Å². The zero-order valence-electron chi connectivity index (χ0n) is 36.9. The zero-order chi connectivity index (χ0) is 48.0. The molecule has 0 aromatic heterocycles. The summed E-state index contributed by atoms with van der Waals surface area (Å²) in [7, 11) is 0. The smallest absolute Gasteiger partial charge is 0.251 e. The molecule has 0 fully saturated rings. The van der Waals surface area contributed by atoms with Crippen molar-refractivity contribution in [2.75, 3.05) is 59.2 Å². The Labute approximate surface area is 374 Å². The highest BCUT2D eigenvalue weighted by molar-refractivity contribution is 6.01. The van der Waals surface area contributed by atoms with E-state index in [-0.39, 0.29) is 81.3 Å². The molecule has 4 aromatic carbocycles. The van der Waals surface area contributed by atoms with Crippen LogP contribution in [-0.4, -0.2) is 131 Å². The van der Waals surface area contributed by atoms with Crippen LogP contribution in [0.15, 0.2) is 109 Å². The van der Waals surface area contributed by atoms with Crippen LogP contribution in [0.5, 0.6) is 0 Å². The van der Waals surface area contributed by atoms with Crippen LogP contribution in [0.2, 0.25) is 0 Å². The number of amides is 5. The maximum Gasteiger partial charge on any atom is 0.251 e. The van der Waals surface area contributed by atoms with E-state index in [9.17, 15) is 39.0 Å². The first kappa shape index (κ1) is 55.7. The highest BCUT2D eigenvalue weighted by Gasteiger charge is 2.23. The van der Waals surface area contributed by atoms with E-state index in [1.54, 1.807) is 100 Å². The van der Waals surface area contributed by atoms with Gasteiger partial charge in [0, 0.05) is 72.6 Å². The van der Waals surface area contributed by atoms with Crippen LogP contribution in [0.3, 0.4) is 0 Å². The van der Waals surface area contributed by atoms with Crippen LogP contribution in [0.25, 0.3) is 0 Å². The normalized spacial score (nSPS) is 10.5. The predicted molar refractivity (Wildman–Crippen MR) is 244 cm³/mol. The van der Waals surface area contributed by atoms with Gasteiger partial charge in [0.2, 0.25) is 0 Å². The minimum atomic E-state index is -0.742. The second kappa shape index (κ2) is 30.7. The number of nitrogens with one attached hydrogen (secondary N) is 5. The summed E-state index contributed by atoms with van der Waals surface area (Å²) >= 11 is 0. The van der Waals surface area contributed by atoms with Crippen molar-refractivity contribution in [2.45, 2.75) is 51.6 Å². The minimum Gasteiger partial charge on any atom is -0.396 e. The van der Waals surface area contributed by atoms with Gasteiger partial charge in [0.05, 0.1) is 37.5 Å². The number of ketones is 1. The third-order valence-corrected chi connectivity index (χ3v) is 8.39. The van der Waals surface area contributed by atoms with Crippen LogP contribution in [0.1, 0.15) is 103 Å². The Hall–Kier alpha value is -6.34. The summed E-state index contributed by atoms with van der Waals surface area (Å²) in [5.74, 6) is -1.36. The van der Waals surface area contributed by atoms with Crippen LogP contribution in [0.4, 0.5) is 0 Å². The molecule has 0 radical (unpaired) electrons. The molecule has 0 aliphatic heterocycles. The van der Waals surface area contributed by atoms with E-state index in [2.05, 4.69) is 26.6 Å². The lowest BCUT2D eigenvalue weighted by Gasteiger charge is -2.24. The van der Waals surface area contributed by atoms with E-state index in [1.165, 1.54) is 12.1 Å². The molecule has 0 heterocycles. The van der Waals surface area contributed by atoms with Crippen molar-refractivity contribution in [1.82, 2.24) is 26.6 Å². The van der Waals surface area contributed by atoms with Gasteiger partial charge in [-0.1, -0.05) is 54.6 Å². The van der Waals surface area contributed by atoms with Gasteiger partial charge < -0.3 is 57.9 Å². The summed E-state index contributed by atoms with van der Waals surface area (Å²) in [5, 5.41) is 57.2. The molecule has 0 saturated heterocycles. The summed E-state index contributed by atoms with van der Waals surface area (Å²) in [6.45, 7) is 7.71. The van der Waals surface area contributed by atoms with Crippen molar-refractivity contribution in [3.63, 3.8) is 0 Å². The number of nitrogens with two attached hydrogens (primary N) is 1. The largest absolute Gasteiger partial charge is 0.396 e. The number of Topliss-reactive ketones (excluding diaryl/α,β-unsaturated/α-hetero) is 1. The predicted octanol–water partition coefficient (Wildman–Crippen LogP) is 1.84. The molecule has 0 unspecified atom stereocenters. The molecule has 0 spiro atoms. The Bertz CT molecular complexity index is 1890. The van der Waals surface area contributed by atoms with Gasteiger partial charge in [0.15, 0.2) is 5.78 Å². The first-order valence-corrected chi connectivity index (χ1v) is 20.5. The van der Waals surface area contributed by atoms with Crippen molar-refractivity contribution >= 4 is 35.3 Å². The molecule has 0 aliphatic rings. The Kier molecular flexibility index (Phi) is 26.7. The number of rotatable bonds is 19. The van der Waals surface area contributed by atoms with Crippen molar-refractivity contribution in [2.24, 2.45) is 5.73 Å². The number of aliphatic hydroxyl groups excluding tert-OH is 5. The Morgan fingerprint density at radius 2 is 0.797 bits per heavy atom. The molecule has 0 bridgehead atoms. The maximum absolute atomic E-state index is 12.1. The number of hydrogen-bond acceptors (Lipinski definition) is 12. The summed E-state index contributed by atoms with van der Waals surface area (Å²) in [6, 6.07) is 30.7. The fourth-order valence-corrected chi connectivity index (χ4v) is 4.87. The van der Waals surface area contributed by atoms with Crippen molar-refractivity contribution in [3.8, 4) is 0 Å². The lowest BCUT2D eigenvalue weighted by molar-refractivity contribution is 0.0865. The van der Waals surface area contributed by atoms with Crippen molar-refractivity contribution in [1.29, 1.82) is 0 Å². The van der Waals surface area contributed by atoms with Gasteiger partial charge in [0.25, 0.3) is 29.5 Å². The fourth-order valence-electron chi connectivity index (χ4n) is 4.87. The van der Waals surface area contributed by atoms with Gasteiger partial charge in [-0.3, -0.25) is 28.8 Å². The third-order valence-electron chi connectivity index (χ3n) is 8.39. The van der Waals surface area contributed by atoms with E-state index in [1.807, 2.05) is 24.3 Å². The van der Waals surface area contributed by atoms with Crippen molar-refractivity contribution in [3.05, 3.63) is 143 Å². The number of hydrogen-bond donors (Lipinski definition) is 11. The molecule has 4 aromatic rings. The average molecular weight is 889 g/mol. The monoisotopic (exact) mass is 888 g/mol. The average Bonchev–Trinajstić information content (AvgIpc) is 3.31. The Morgan fingerprint density at radius 3 is 1.17 bits per heavy atom. The maximum atomic E-state index is 12.1. The summed E-state index contributed by atoms with van der Waals surface area (Å²) < 4.78 is 0. The first-order chi connectivity index (χ1) is 30.5. The highest BCUT2D eigenvalue weighted by atomic mass is 16.3.